The lowest BCUT2D eigenvalue weighted by Crippen LogP contribution is -2.46. The molecule has 0 saturated heterocycles. The molecule has 2 bridgehead atoms. The Morgan fingerprint density at radius 2 is 2.04 bits per heavy atom. The van der Waals surface area contributed by atoms with Gasteiger partial charge in [-0.05, 0) is 61.6 Å². The average molecular weight is 400 g/mol. The van der Waals surface area contributed by atoms with Crippen LogP contribution in [0, 0.1) is 17.8 Å². The van der Waals surface area contributed by atoms with Crippen LogP contribution in [0.15, 0.2) is 28.7 Å². The second-order valence-electron chi connectivity index (χ2n) is 7.44. The lowest BCUT2D eigenvalue weighted by atomic mass is 9.84. The first-order chi connectivity index (χ1) is 10.6. The van der Waals surface area contributed by atoms with Crippen molar-refractivity contribution < 1.29 is 4.79 Å². The summed E-state index contributed by atoms with van der Waals surface area (Å²) in [5.74, 6) is 1.36. The molecule has 126 valence electrons. The maximum atomic E-state index is 12.6. The quantitative estimate of drug-likeness (QED) is 0.815. The summed E-state index contributed by atoms with van der Waals surface area (Å²) in [5, 5.41) is 3.23. The van der Waals surface area contributed by atoms with Crippen LogP contribution in [-0.2, 0) is 10.2 Å². The van der Waals surface area contributed by atoms with E-state index < -0.39 is 0 Å². The van der Waals surface area contributed by atoms with Gasteiger partial charge < -0.3 is 11.1 Å². The number of carbonyl (C=O) groups is 1. The molecule has 23 heavy (non-hydrogen) atoms. The fraction of sp³-hybridized carbons (Fsp3) is 0.611. The van der Waals surface area contributed by atoms with E-state index in [4.69, 9.17) is 5.73 Å². The van der Waals surface area contributed by atoms with E-state index in [0.29, 0.717) is 11.8 Å². The van der Waals surface area contributed by atoms with Crippen molar-refractivity contribution in [3.05, 3.63) is 34.3 Å². The second kappa shape index (κ2) is 6.38. The highest BCUT2D eigenvalue weighted by atomic mass is 79.9. The molecule has 0 aliphatic heterocycles. The summed E-state index contributed by atoms with van der Waals surface area (Å²) in [5.41, 5.74) is 7.77. The van der Waals surface area contributed by atoms with E-state index in [1.165, 1.54) is 18.4 Å². The van der Waals surface area contributed by atoms with Gasteiger partial charge in [-0.3, -0.25) is 4.79 Å². The zero-order valence-electron chi connectivity index (χ0n) is 13.1. The van der Waals surface area contributed by atoms with Crippen molar-refractivity contribution in [1.29, 1.82) is 0 Å². The summed E-state index contributed by atoms with van der Waals surface area (Å²) in [6, 6.07) is 8.56. The third-order valence-electron chi connectivity index (χ3n) is 6.17. The summed E-state index contributed by atoms with van der Waals surface area (Å²) in [4.78, 5) is 12.6. The zero-order valence-corrected chi connectivity index (χ0v) is 15.5. The Morgan fingerprint density at radius 3 is 2.65 bits per heavy atom. The molecule has 3 N–H and O–H groups in total. The van der Waals surface area contributed by atoms with Crippen molar-refractivity contribution in [3.63, 3.8) is 0 Å². The standard InChI is InChI=1S/C18H23BrN2O.ClH/c19-14-3-1-2-13(9-14)18(6-7-18)10-21-17(22)15-11-4-5-12(8-11)16(15)20;/h1-3,9,11-12,15-16H,4-8,10,20H2,(H,21,22);1H. The molecule has 1 aromatic rings. The summed E-state index contributed by atoms with van der Waals surface area (Å²) >= 11 is 3.54. The minimum absolute atomic E-state index is 0. The highest BCUT2D eigenvalue weighted by Gasteiger charge is 2.50. The first kappa shape index (κ1) is 17.2. The number of nitrogens with two attached hydrogens (primary N) is 1. The van der Waals surface area contributed by atoms with E-state index in [2.05, 4.69) is 39.4 Å². The highest BCUT2D eigenvalue weighted by molar-refractivity contribution is 9.10. The molecule has 0 spiro atoms. The monoisotopic (exact) mass is 398 g/mol. The number of carbonyl (C=O) groups excluding carboxylic acids is 1. The Hall–Kier alpha value is -0.580. The van der Waals surface area contributed by atoms with Crippen molar-refractivity contribution in [3.8, 4) is 0 Å². The van der Waals surface area contributed by atoms with Gasteiger partial charge in [0, 0.05) is 22.5 Å². The zero-order chi connectivity index (χ0) is 15.3. The van der Waals surface area contributed by atoms with E-state index in [0.717, 1.165) is 30.3 Å². The van der Waals surface area contributed by atoms with E-state index in [1.807, 2.05) is 6.07 Å². The van der Waals surface area contributed by atoms with Gasteiger partial charge in [0.05, 0.1) is 5.92 Å². The number of hydrogen-bond donors (Lipinski definition) is 2. The van der Waals surface area contributed by atoms with Gasteiger partial charge >= 0.3 is 0 Å². The predicted octanol–water partition coefficient (Wildman–Crippen LogP) is 3.39. The van der Waals surface area contributed by atoms with Gasteiger partial charge in [0.15, 0.2) is 0 Å². The van der Waals surface area contributed by atoms with Gasteiger partial charge in [0.1, 0.15) is 0 Å². The van der Waals surface area contributed by atoms with Crippen LogP contribution in [-0.4, -0.2) is 18.5 Å². The van der Waals surface area contributed by atoms with Gasteiger partial charge in [-0.2, -0.15) is 0 Å². The second-order valence-corrected chi connectivity index (χ2v) is 8.36. The SMILES string of the molecule is Cl.NC1C2CCC(C2)C1C(=O)NCC1(c2cccc(Br)c2)CC1. The molecular formula is C18H24BrClN2O. The number of amides is 1. The lowest BCUT2D eigenvalue weighted by Gasteiger charge is -2.28. The summed E-state index contributed by atoms with van der Waals surface area (Å²) in [7, 11) is 0. The minimum Gasteiger partial charge on any atom is -0.355 e. The van der Waals surface area contributed by atoms with Gasteiger partial charge in [0.25, 0.3) is 0 Å². The molecule has 1 aromatic carbocycles. The van der Waals surface area contributed by atoms with E-state index in [9.17, 15) is 4.79 Å². The fourth-order valence-corrected chi connectivity index (χ4v) is 5.03. The van der Waals surface area contributed by atoms with Gasteiger partial charge in [0.2, 0.25) is 5.91 Å². The third kappa shape index (κ3) is 3.06. The first-order valence-corrected chi connectivity index (χ1v) is 9.18. The molecule has 3 aliphatic carbocycles. The van der Waals surface area contributed by atoms with E-state index in [1.54, 1.807) is 0 Å². The first-order valence-electron chi connectivity index (χ1n) is 8.38. The van der Waals surface area contributed by atoms with Gasteiger partial charge in [-0.15, -0.1) is 12.4 Å². The lowest BCUT2D eigenvalue weighted by molar-refractivity contribution is -0.127. The molecule has 5 heteroatoms. The Bertz CT molecular complexity index is 602. The predicted molar refractivity (Wildman–Crippen MR) is 97.6 cm³/mol. The van der Waals surface area contributed by atoms with Crippen LogP contribution in [0.3, 0.4) is 0 Å². The van der Waals surface area contributed by atoms with Crippen molar-refractivity contribution in [2.24, 2.45) is 23.5 Å². The number of halogens is 2. The van der Waals surface area contributed by atoms with Crippen LogP contribution < -0.4 is 11.1 Å². The number of benzene rings is 1. The summed E-state index contributed by atoms with van der Waals surface area (Å²) in [6.45, 7) is 0.753. The maximum absolute atomic E-state index is 12.6. The molecule has 0 radical (unpaired) electrons. The molecule has 0 heterocycles. The smallest absolute Gasteiger partial charge is 0.224 e. The molecule has 4 atom stereocenters. The molecule has 0 aromatic heterocycles. The number of fused-ring (bicyclic) bond motifs is 2. The minimum atomic E-state index is 0. The Balaban J connectivity index is 0.00000156. The van der Waals surface area contributed by atoms with Crippen LogP contribution in [0.2, 0.25) is 0 Å². The van der Waals surface area contributed by atoms with Crippen molar-refractivity contribution >= 4 is 34.2 Å². The van der Waals surface area contributed by atoms with Crippen LogP contribution in [0.5, 0.6) is 0 Å². The van der Waals surface area contributed by atoms with Crippen molar-refractivity contribution in [2.75, 3.05) is 6.54 Å². The van der Waals surface area contributed by atoms with Crippen molar-refractivity contribution in [2.45, 2.75) is 43.6 Å². The van der Waals surface area contributed by atoms with Gasteiger partial charge in [-0.25, -0.2) is 0 Å². The summed E-state index contributed by atoms with van der Waals surface area (Å²) < 4.78 is 1.11. The maximum Gasteiger partial charge on any atom is 0.224 e. The van der Waals surface area contributed by atoms with Crippen LogP contribution >= 0.6 is 28.3 Å². The van der Waals surface area contributed by atoms with Crippen LogP contribution in [0.4, 0.5) is 0 Å². The fourth-order valence-electron chi connectivity index (χ4n) is 4.64. The topological polar surface area (TPSA) is 55.1 Å². The van der Waals surface area contributed by atoms with Crippen LogP contribution in [0.25, 0.3) is 0 Å². The molecule has 1 amide bonds. The third-order valence-corrected chi connectivity index (χ3v) is 6.67. The molecular weight excluding hydrogens is 376 g/mol. The molecule has 4 unspecified atom stereocenters. The Labute approximate surface area is 152 Å². The van der Waals surface area contributed by atoms with E-state index >= 15 is 0 Å². The van der Waals surface area contributed by atoms with Crippen molar-refractivity contribution in [1.82, 2.24) is 5.32 Å². The molecule has 3 saturated carbocycles. The normalized spacial score (nSPS) is 33.1. The molecule has 4 rings (SSSR count). The summed E-state index contributed by atoms with van der Waals surface area (Å²) in [6.07, 6.45) is 5.89. The largest absolute Gasteiger partial charge is 0.355 e. The average Bonchev–Trinajstić information content (AvgIpc) is 3.05. The Morgan fingerprint density at radius 1 is 1.30 bits per heavy atom. The number of hydrogen-bond acceptors (Lipinski definition) is 2. The number of rotatable bonds is 4. The van der Waals surface area contributed by atoms with E-state index in [-0.39, 0.29) is 35.7 Å². The highest BCUT2D eigenvalue weighted by Crippen LogP contribution is 2.49. The molecule has 3 fully saturated rings. The molecule has 3 nitrogen and oxygen atoms in total. The number of nitrogens with one attached hydrogen (secondary N) is 1. The Kier molecular flexibility index (Phi) is 4.78. The van der Waals surface area contributed by atoms with Gasteiger partial charge in [-0.1, -0.05) is 28.1 Å². The van der Waals surface area contributed by atoms with Crippen LogP contribution in [0.1, 0.15) is 37.7 Å². The molecule has 3 aliphatic rings.